The molecule has 1 aliphatic carbocycles. The molecule has 0 fully saturated rings. The number of aromatic nitrogens is 2. The molecular formula is C10H15N3. The van der Waals surface area contributed by atoms with Crippen LogP contribution in [-0.4, -0.2) is 15.8 Å². The zero-order valence-corrected chi connectivity index (χ0v) is 7.90. The van der Waals surface area contributed by atoms with Crippen LogP contribution in [-0.2, 0) is 13.6 Å². The predicted octanol–water partition coefficient (Wildman–Crippen LogP) is 1.23. The van der Waals surface area contributed by atoms with Crippen LogP contribution in [0.4, 0.5) is 0 Å². The molecule has 0 amide bonds. The molecule has 0 saturated heterocycles. The van der Waals surface area contributed by atoms with Gasteiger partial charge >= 0.3 is 0 Å². The summed E-state index contributed by atoms with van der Waals surface area (Å²) in [6.07, 6.45) is 10.8. The lowest BCUT2D eigenvalue weighted by atomic mass is 10.2. The van der Waals surface area contributed by atoms with Crippen LogP contribution in [0.5, 0.6) is 0 Å². The van der Waals surface area contributed by atoms with Crippen molar-refractivity contribution in [2.24, 2.45) is 7.05 Å². The van der Waals surface area contributed by atoms with Gasteiger partial charge in [0.15, 0.2) is 0 Å². The smallest absolute Gasteiger partial charge is 0.0534 e. The molecule has 2 rings (SSSR count). The summed E-state index contributed by atoms with van der Waals surface area (Å²) in [7, 11) is 1.95. The normalized spacial score (nSPS) is 17.0. The van der Waals surface area contributed by atoms with Crippen LogP contribution in [0.2, 0.25) is 0 Å². The SMILES string of the molecule is Cn1cc(CNC2CC=CC2)cn1. The quantitative estimate of drug-likeness (QED) is 0.704. The molecule has 0 atom stereocenters. The summed E-state index contributed by atoms with van der Waals surface area (Å²) in [4.78, 5) is 0. The van der Waals surface area contributed by atoms with E-state index in [0.717, 1.165) is 6.54 Å². The van der Waals surface area contributed by atoms with E-state index in [0.29, 0.717) is 6.04 Å². The number of nitrogens with one attached hydrogen (secondary N) is 1. The van der Waals surface area contributed by atoms with Crippen LogP contribution in [0.3, 0.4) is 0 Å². The number of aryl methyl sites for hydroxylation is 1. The number of nitrogens with zero attached hydrogens (tertiary/aromatic N) is 2. The summed E-state index contributed by atoms with van der Waals surface area (Å²) in [5, 5.41) is 7.62. The van der Waals surface area contributed by atoms with Crippen LogP contribution < -0.4 is 5.32 Å². The molecule has 0 aromatic carbocycles. The van der Waals surface area contributed by atoms with Gasteiger partial charge in [-0.25, -0.2) is 0 Å². The van der Waals surface area contributed by atoms with Crippen LogP contribution in [0.25, 0.3) is 0 Å². The average Bonchev–Trinajstić information content (AvgIpc) is 2.71. The molecule has 3 heteroatoms. The third kappa shape index (κ3) is 2.18. The van der Waals surface area contributed by atoms with E-state index >= 15 is 0 Å². The second-order valence-corrected chi connectivity index (χ2v) is 3.54. The van der Waals surface area contributed by atoms with Crippen LogP contribution in [0, 0.1) is 0 Å². The summed E-state index contributed by atoms with van der Waals surface area (Å²) in [6.45, 7) is 0.931. The predicted molar refractivity (Wildman–Crippen MR) is 52.2 cm³/mol. The molecular weight excluding hydrogens is 162 g/mol. The van der Waals surface area contributed by atoms with Gasteiger partial charge in [0, 0.05) is 31.4 Å². The van der Waals surface area contributed by atoms with Gasteiger partial charge in [-0.05, 0) is 12.8 Å². The molecule has 0 bridgehead atoms. The molecule has 0 spiro atoms. The van der Waals surface area contributed by atoms with Crippen molar-refractivity contribution in [3.05, 3.63) is 30.1 Å². The monoisotopic (exact) mass is 177 g/mol. The van der Waals surface area contributed by atoms with Crippen molar-refractivity contribution < 1.29 is 0 Å². The Morgan fingerprint density at radius 1 is 1.54 bits per heavy atom. The van der Waals surface area contributed by atoms with Crippen molar-refractivity contribution in [2.75, 3.05) is 0 Å². The summed E-state index contributed by atoms with van der Waals surface area (Å²) in [6, 6.07) is 0.639. The molecule has 1 heterocycles. The van der Waals surface area contributed by atoms with E-state index in [4.69, 9.17) is 0 Å². The first-order valence-corrected chi connectivity index (χ1v) is 4.70. The van der Waals surface area contributed by atoms with Gasteiger partial charge in [-0.2, -0.15) is 5.10 Å². The Morgan fingerprint density at radius 2 is 2.31 bits per heavy atom. The van der Waals surface area contributed by atoms with Crippen molar-refractivity contribution >= 4 is 0 Å². The van der Waals surface area contributed by atoms with E-state index in [1.54, 1.807) is 0 Å². The van der Waals surface area contributed by atoms with Crippen molar-refractivity contribution in [2.45, 2.75) is 25.4 Å². The summed E-state index contributed by atoms with van der Waals surface area (Å²) in [5.74, 6) is 0. The third-order valence-corrected chi connectivity index (χ3v) is 2.36. The lowest BCUT2D eigenvalue weighted by Gasteiger charge is -2.09. The maximum Gasteiger partial charge on any atom is 0.0534 e. The number of hydrogen-bond donors (Lipinski definition) is 1. The maximum atomic E-state index is 4.12. The van der Waals surface area contributed by atoms with Gasteiger partial charge in [-0.3, -0.25) is 4.68 Å². The first-order chi connectivity index (χ1) is 6.34. The molecule has 0 unspecified atom stereocenters. The minimum absolute atomic E-state index is 0.639. The van der Waals surface area contributed by atoms with Crippen LogP contribution in [0.1, 0.15) is 18.4 Å². The first-order valence-electron chi connectivity index (χ1n) is 4.70. The van der Waals surface area contributed by atoms with Gasteiger partial charge in [0.1, 0.15) is 0 Å². The summed E-state index contributed by atoms with van der Waals surface area (Å²) >= 11 is 0. The Balaban J connectivity index is 1.79. The van der Waals surface area contributed by atoms with Crippen molar-refractivity contribution in [1.29, 1.82) is 0 Å². The fourth-order valence-corrected chi connectivity index (χ4v) is 1.61. The zero-order chi connectivity index (χ0) is 9.10. The van der Waals surface area contributed by atoms with Gasteiger partial charge in [0.05, 0.1) is 6.20 Å². The van der Waals surface area contributed by atoms with E-state index in [2.05, 4.69) is 28.8 Å². The molecule has 0 radical (unpaired) electrons. The van der Waals surface area contributed by atoms with E-state index in [1.807, 2.05) is 17.9 Å². The van der Waals surface area contributed by atoms with Gasteiger partial charge in [-0.1, -0.05) is 12.2 Å². The molecule has 0 aliphatic heterocycles. The Hall–Kier alpha value is -1.09. The molecule has 13 heavy (non-hydrogen) atoms. The minimum atomic E-state index is 0.639. The summed E-state index contributed by atoms with van der Waals surface area (Å²) < 4.78 is 1.84. The lowest BCUT2D eigenvalue weighted by molar-refractivity contribution is 0.538. The maximum absolute atomic E-state index is 4.12. The fourth-order valence-electron chi connectivity index (χ4n) is 1.61. The molecule has 3 nitrogen and oxygen atoms in total. The number of hydrogen-bond acceptors (Lipinski definition) is 2. The Bertz CT molecular complexity index is 293. The highest BCUT2D eigenvalue weighted by molar-refractivity contribution is 5.05. The van der Waals surface area contributed by atoms with Crippen LogP contribution in [0.15, 0.2) is 24.5 Å². The molecule has 1 N–H and O–H groups in total. The van der Waals surface area contributed by atoms with Crippen molar-refractivity contribution in [1.82, 2.24) is 15.1 Å². The summed E-state index contributed by atoms with van der Waals surface area (Å²) in [5.41, 5.74) is 1.26. The highest BCUT2D eigenvalue weighted by atomic mass is 15.2. The Morgan fingerprint density at radius 3 is 2.92 bits per heavy atom. The number of rotatable bonds is 3. The molecule has 1 aliphatic rings. The zero-order valence-electron chi connectivity index (χ0n) is 7.90. The Kier molecular flexibility index (Phi) is 2.45. The standard InChI is InChI=1S/C10H15N3/c1-13-8-9(7-12-13)6-11-10-4-2-3-5-10/h2-3,7-8,10-11H,4-6H2,1H3. The third-order valence-electron chi connectivity index (χ3n) is 2.36. The highest BCUT2D eigenvalue weighted by Gasteiger charge is 2.08. The van der Waals surface area contributed by atoms with Crippen LogP contribution >= 0.6 is 0 Å². The molecule has 0 saturated carbocycles. The molecule has 70 valence electrons. The first kappa shape index (κ1) is 8.51. The fraction of sp³-hybridized carbons (Fsp3) is 0.500. The van der Waals surface area contributed by atoms with E-state index < -0.39 is 0 Å². The average molecular weight is 177 g/mol. The van der Waals surface area contributed by atoms with E-state index in [9.17, 15) is 0 Å². The van der Waals surface area contributed by atoms with Gasteiger partial charge in [-0.15, -0.1) is 0 Å². The largest absolute Gasteiger partial charge is 0.309 e. The second kappa shape index (κ2) is 3.75. The van der Waals surface area contributed by atoms with Crippen molar-refractivity contribution in [3.8, 4) is 0 Å². The second-order valence-electron chi connectivity index (χ2n) is 3.54. The van der Waals surface area contributed by atoms with E-state index in [1.165, 1.54) is 18.4 Å². The molecule has 1 aromatic heterocycles. The lowest BCUT2D eigenvalue weighted by Crippen LogP contribution is -2.25. The van der Waals surface area contributed by atoms with Gasteiger partial charge in [0.25, 0.3) is 0 Å². The molecule has 1 aromatic rings. The topological polar surface area (TPSA) is 29.9 Å². The highest BCUT2D eigenvalue weighted by Crippen LogP contribution is 2.09. The van der Waals surface area contributed by atoms with Gasteiger partial charge < -0.3 is 5.32 Å². The van der Waals surface area contributed by atoms with E-state index in [-0.39, 0.29) is 0 Å². The van der Waals surface area contributed by atoms with Crippen molar-refractivity contribution in [3.63, 3.8) is 0 Å². The minimum Gasteiger partial charge on any atom is -0.309 e. The van der Waals surface area contributed by atoms with Gasteiger partial charge in [0.2, 0.25) is 0 Å². The Labute approximate surface area is 78.4 Å².